The van der Waals surface area contributed by atoms with E-state index in [1.165, 1.54) is 11.6 Å². The number of nitrogens with zero attached hydrogens (tertiary/aromatic N) is 4. The van der Waals surface area contributed by atoms with Gasteiger partial charge in [-0.05, 0) is 12.1 Å². The number of rotatable bonds is 7. The Hall–Kier alpha value is -1.96. The van der Waals surface area contributed by atoms with Crippen molar-refractivity contribution in [2.45, 2.75) is 12.6 Å². The molecule has 0 bridgehead atoms. The molecule has 136 valence electrons. The van der Waals surface area contributed by atoms with E-state index in [2.05, 4.69) is 14.9 Å². The summed E-state index contributed by atoms with van der Waals surface area (Å²) in [5, 5.41) is 14.3. The molecule has 1 aromatic carbocycles. The van der Waals surface area contributed by atoms with E-state index in [0.29, 0.717) is 6.54 Å². The summed E-state index contributed by atoms with van der Waals surface area (Å²) in [5.41, 5.74) is 1.22. The summed E-state index contributed by atoms with van der Waals surface area (Å²) >= 11 is 0. The van der Waals surface area contributed by atoms with E-state index in [0.717, 1.165) is 32.7 Å². The van der Waals surface area contributed by atoms with Crippen molar-refractivity contribution in [3.8, 4) is 5.75 Å². The number of aliphatic hydroxyl groups excluding tert-OH is 1. The van der Waals surface area contributed by atoms with Gasteiger partial charge in [0.15, 0.2) is 11.6 Å². The molecule has 6 nitrogen and oxygen atoms in total. The van der Waals surface area contributed by atoms with Gasteiger partial charge >= 0.3 is 0 Å². The zero-order valence-corrected chi connectivity index (χ0v) is 14.5. The molecule has 1 N–H and O–H groups in total. The Morgan fingerprint density at radius 2 is 1.92 bits per heavy atom. The van der Waals surface area contributed by atoms with E-state index < -0.39 is 11.9 Å². The third-order valence-corrected chi connectivity index (χ3v) is 4.37. The average molecular weight is 348 g/mol. The van der Waals surface area contributed by atoms with Gasteiger partial charge in [-0.25, -0.2) is 4.39 Å². The molecule has 3 rings (SSSR count). The summed E-state index contributed by atoms with van der Waals surface area (Å²) in [6.07, 6.45) is 3.30. The number of para-hydroxylation sites is 1. The molecule has 2 aromatic rings. The second-order valence-electron chi connectivity index (χ2n) is 6.49. The monoisotopic (exact) mass is 348 g/mol. The maximum atomic E-state index is 13.5. The molecule has 0 unspecified atom stereocenters. The second-order valence-corrected chi connectivity index (χ2v) is 6.49. The predicted octanol–water partition coefficient (Wildman–Crippen LogP) is 1.12. The number of aromatic nitrogens is 2. The second kappa shape index (κ2) is 8.42. The third-order valence-electron chi connectivity index (χ3n) is 4.37. The number of benzene rings is 1. The van der Waals surface area contributed by atoms with Crippen molar-refractivity contribution in [2.24, 2.45) is 7.05 Å². The zero-order valence-electron chi connectivity index (χ0n) is 14.5. The summed E-state index contributed by atoms with van der Waals surface area (Å²) in [6, 6.07) is 6.25. The quantitative estimate of drug-likeness (QED) is 0.813. The summed E-state index contributed by atoms with van der Waals surface area (Å²) in [7, 11) is 1.92. The number of ether oxygens (including phenoxy) is 1. The van der Waals surface area contributed by atoms with Crippen LogP contribution >= 0.6 is 0 Å². The van der Waals surface area contributed by atoms with Crippen LogP contribution in [0.3, 0.4) is 0 Å². The highest BCUT2D eigenvalue weighted by Crippen LogP contribution is 2.15. The van der Waals surface area contributed by atoms with Crippen molar-refractivity contribution in [3.05, 3.63) is 48.0 Å². The number of halogens is 1. The van der Waals surface area contributed by atoms with Gasteiger partial charge in [0.2, 0.25) is 0 Å². The lowest BCUT2D eigenvalue weighted by molar-refractivity contribution is 0.0437. The van der Waals surface area contributed by atoms with E-state index >= 15 is 0 Å². The first-order valence-electron chi connectivity index (χ1n) is 8.58. The van der Waals surface area contributed by atoms with Gasteiger partial charge in [0.05, 0.1) is 6.20 Å². The number of hydrogen-bond acceptors (Lipinski definition) is 5. The molecule has 0 saturated carbocycles. The molecule has 0 aliphatic carbocycles. The molecule has 0 radical (unpaired) electrons. The highest BCUT2D eigenvalue weighted by molar-refractivity contribution is 5.23. The van der Waals surface area contributed by atoms with Crippen LogP contribution in [0, 0.1) is 5.82 Å². The normalized spacial score (nSPS) is 17.6. The standard InChI is InChI=1S/C18H25FN4O2/c1-21-11-15(10-20-21)12-22-6-8-23(9-7-22)13-16(24)14-25-18-5-3-2-4-17(18)19/h2-5,10-11,16,24H,6-9,12-14H2,1H3/t16-/m1/s1. The number of β-amino-alcohol motifs (C(OH)–C–C–N with tert-alkyl or cyclic N) is 1. The number of hydrogen-bond donors (Lipinski definition) is 1. The smallest absolute Gasteiger partial charge is 0.165 e. The topological polar surface area (TPSA) is 53.8 Å². The van der Waals surface area contributed by atoms with Crippen molar-refractivity contribution in [1.82, 2.24) is 19.6 Å². The van der Waals surface area contributed by atoms with Crippen LogP contribution in [0.5, 0.6) is 5.75 Å². The van der Waals surface area contributed by atoms with E-state index in [9.17, 15) is 9.50 Å². The van der Waals surface area contributed by atoms with Crippen LogP contribution in [-0.4, -0.2) is 70.1 Å². The molecule has 1 saturated heterocycles. The minimum atomic E-state index is -0.635. The van der Waals surface area contributed by atoms with Gasteiger partial charge in [-0.3, -0.25) is 14.5 Å². The van der Waals surface area contributed by atoms with Crippen LogP contribution in [0.2, 0.25) is 0 Å². The van der Waals surface area contributed by atoms with Crippen LogP contribution in [0.4, 0.5) is 4.39 Å². The third kappa shape index (κ3) is 5.26. The average Bonchev–Trinajstić information content (AvgIpc) is 3.01. The van der Waals surface area contributed by atoms with Gasteiger partial charge < -0.3 is 9.84 Å². The molecule has 7 heteroatoms. The van der Waals surface area contributed by atoms with Gasteiger partial charge in [-0.1, -0.05) is 12.1 Å². The van der Waals surface area contributed by atoms with Crippen molar-refractivity contribution >= 4 is 0 Å². The van der Waals surface area contributed by atoms with Gasteiger partial charge in [-0.15, -0.1) is 0 Å². The molecule has 1 atom stereocenters. The molecule has 1 aliphatic rings. The Labute approximate surface area is 147 Å². The molecule has 0 amide bonds. The highest BCUT2D eigenvalue weighted by Gasteiger charge is 2.20. The Morgan fingerprint density at radius 3 is 2.60 bits per heavy atom. The molecule has 1 aromatic heterocycles. The summed E-state index contributed by atoms with van der Waals surface area (Å²) < 4.78 is 20.7. The number of piperazine rings is 1. The van der Waals surface area contributed by atoms with E-state index in [1.54, 1.807) is 18.2 Å². The lowest BCUT2D eigenvalue weighted by Gasteiger charge is -2.35. The minimum absolute atomic E-state index is 0.0941. The van der Waals surface area contributed by atoms with Crippen molar-refractivity contribution in [3.63, 3.8) is 0 Å². The Morgan fingerprint density at radius 1 is 1.20 bits per heavy atom. The van der Waals surface area contributed by atoms with Gasteiger partial charge in [-0.2, -0.15) is 5.10 Å². The Kier molecular flexibility index (Phi) is 6.01. The van der Waals surface area contributed by atoms with Crippen molar-refractivity contribution < 1.29 is 14.2 Å². The highest BCUT2D eigenvalue weighted by atomic mass is 19.1. The number of aliphatic hydroxyl groups is 1. The molecule has 25 heavy (non-hydrogen) atoms. The predicted molar refractivity (Wildman–Crippen MR) is 92.8 cm³/mol. The molecular formula is C18H25FN4O2. The van der Waals surface area contributed by atoms with Crippen molar-refractivity contribution in [1.29, 1.82) is 0 Å². The number of aryl methyl sites for hydroxylation is 1. The van der Waals surface area contributed by atoms with Crippen molar-refractivity contribution in [2.75, 3.05) is 39.3 Å². The molecule has 1 aliphatic heterocycles. The first-order valence-corrected chi connectivity index (χ1v) is 8.58. The fourth-order valence-corrected chi connectivity index (χ4v) is 3.04. The van der Waals surface area contributed by atoms with E-state index in [1.807, 2.05) is 24.1 Å². The van der Waals surface area contributed by atoms with Crippen LogP contribution in [0.15, 0.2) is 36.7 Å². The minimum Gasteiger partial charge on any atom is -0.488 e. The molecule has 1 fully saturated rings. The fraction of sp³-hybridized carbons (Fsp3) is 0.500. The van der Waals surface area contributed by atoms with Crippen LogP contribution in [0.25, 0.3) is 0 Å². The molecule has 0 spiro atoms. The van der Waals surface area contributed by atoms with Crippen LogP contribution in [0.1, 0.15) is 5.56 Å². The maximum absolute atomic E-state index is 13.5. The lowest BCUT2D eigenvalue weighted by Crippen LogP contribution is -2.48. The Balaban J connectivity index is 1.37. The van der Waals surface area contributed by atoms with Crippen LogP contribution in [-0.2, 0) is 13.6 Å². The largest absolute Gasteiger partial charge is 0.488 e. The SMILES string of the molecule is Cn1cc(CN2CCN(C[C@@H](O)COc3ccccc3F)CC2)cn1. The maximum Gasteiger partial charge on any atom is 0.165 e. The molecule has 2 heterocycles. The Bertz CT molecular complexity index is 671. The van der Waals surface area contributed by atoms with Crippen LogP contribution < -0.4 is 4.74 Å². The van der Waals surface area contributed by atoms with Gasteiger partial charge in [0.1, 0.15) is 12.7 Å². The molecular weight excluding hydrogens is 323 g/mol. The summed E-state index contributed by atoms with van der Waals surface area (Å²) in [5.74, 6) is -0.221. The summed E-state index contributed by atoms with van der Waals surface area (Å²) in [6.45, 7) is 5.24. The first-order chi connectivity index (χ1) is 12.1. The first kappa shape index (κ1) is 17.8. The fourth-order valence-electron chi connectivity index (χ4n) is 3.04. The van der Waals surface area contributed by atoms with E-state index in [4.69, 9.17) is 4.74 Å². The van der Waals surface area contributed by atoms with E-state index in [-0.39, 0.29) is 12.4 Å². The van der Waals surface area contributed by atoms with Gasteiger partial charge in [0.25, 0.3) is 0 Å². The zero-order chi connectivity index (χ0) is 17.6. The summed E-state index contributed by atoms with van der Waals surface area (Å²) in [4.78, 5) is 4.60. The van der Waals surface area contributed by atoms with Gasteiger partial charge in [0, 0.05) is 58.1 Å². The lowest BCUT2D eigenvalue weighted by atomic mass is 10.2.